The molecule has 9 heteroatoms. The summed E-state index contributed by atoms with van der Waals surface area (Å²) < 4.78 is 36.1. The fraction of sp³-hybridized carbons (Fsp3) is 0.174. The molecule has 4 rings (SSSR count). The van der Waals surface area contributed by atoms with E-state index in [0.29, 0.717) is 35.2 Å². The molecule has 0 atom stereocenters. The van der Waals surface area contributed by atoms with E-state index in [4.69, 9.17) is 4.74 Å². The lowest BCUT2D eigenvalue weighted by molar-refractivity contribution is 0.342. The van der Waals surface area contributed by atoms with Crippen LogP contribution >= 0.6 is 0 Å². The summed E-state index contributed by atoms with van der Waals surface area (Å²) in [6.07, 6.45) is 0. The molecule has 8 nitrogen and oxygen atoms in total. The van der Waals surface area contributed by atoms with E-state index in [2.05, 4.69) is 20.0 Å². The number of aromatic nitrogens is 4. The molecule has 164 valence electrons. The second-order valence-electron chi connectivity index (χ2n) is 7.09. The number of sulfonamides is 1. The molecule has 0 aliphatic heterocycles. The van der Waals surface area contributed by atoms with Gasteiger partial charge in [-0.05, 0) is 45.0 Å². The van der Waals surface area contributed by atoms with Crippen LogP contribution in [0.1, 0.15) is 18.3 Å². The van der Waals surface area contributed by atoms with Gasteiger partial charge in [0.25, 0.3) is 10.0 Å². The minimum atomic E-state index is -3.92. The number of hydrogen-bond donors (Lipinski definition) is 1. The maximum Gasteiger partial charge on any atom is 0.265 e. The van der Waals surface area contributed by atoms with Crippen molar-refractivity contribution in [2.75, 3.05) is 11.3 Å². The first-order chi connectivity index (χ1) is 15.4. The lowest BCUT2D eigenvalue weighted by atomic mass is 10.1. The fourth-order valence-electron chi connectivity index (χ4n) is 3.47. The first kappa shape index (κ1) is 21.5. The summed E-state index contributed by atoms with van der Waals surface area (Å²) >= 11 is 0. The Balaban J connectivity index is 1.67. The van der Waals surface area contributed by atoms with E-state index >= 15 is 0 Å². The Morgan fingerprint density at radius 2 is 1.66 bits per heavy atom. The molecule has 1 N–H and O–H groups in total. The van der Waals surface area contributed by atoms with Crippen LogP contribution in [-0.2, 0) is 10.0 Å². The lowest BCUT2D eigenvalue weighted by Crippen LogP contribution is -2.16. The molecule has 0 spiro atoms. The second-order valence-corrected chi connectivity index (χ2v) is 8.71. The zero-order valence-electron chi connectivity index (χ0n) is 18.0. The second kappa shape index (κ2) is 8.80. The molecule has 0 unspecified atom stereocenters. The molecular formula is C23H23N5O3S. The Morgan fingerprint density at radius 3 is 2.34 bits per heavy atom. The number of rotatable bonds is 7. The quantitative estimate of drug-likeness (QED) is 0.455. The topological polar surface area (TPSA) is 99.0 Å². The number of nitrogens with zero attached hydrogens (tertiary/aromatic N) is 4. The average Bonchev–Trinajstić information content (AvgIpc) is 3.10. The van der Waals surface area contributed by atoms with Crippen molar-refractivity contribution in [2.45, 2.75) is 25.7 Å². The van der Waals surface area contributed by atoms with Crippen molar-refractivity contribution < 1.29 is 13.2 Å². The summed E-state index contributed by atoms with van der Waals surface area (Å²) in [7, 11) is -3.92. The van der Waals surface area contributed by atoms with Crippen molar-refractivity contribution in [3.63, 3.8) is 0 Å². The van der Waals surface area contributed by atoms with Gasteiger partial charge in [-0.3, -0.25) is 4.72 Å². The monoisotopic (exact) mass is 449 g/mol. The van der Waals surface area contributed by atoms with Crippen LogP contribution in [0.25, 0.3) is 17.1 Å². The maximum absolute atomic E-state index is 13.2. The normalized spacial score (nSPS) is 11.3. The third-order valence-electron chi connectivity index (χ3n) is 4.86. The van der Waals surface area contributed by atoms with Gasteiger partial charge in [0.15, 0.2) is 5.82 Å². The molecule has 0 aliphatic carbocycles. The molecule has 2 aromatic heterocycles. The van der Waals surface area contributed by atoms with Crippen molar-refractivity contribution in [1.29, 1.82) is 0 Å². The Hall–Kier alpha value is -3.72. The largest absolute Gasteiger partial charge is 0.492 e. The smallest absolute Gasteiger partial charge is 0.265 e. The van der Waals surface area contributed by atoms with Gasteiger partial charge in [-0.2, -0.15) is 5.10 Å². The van der Waals surface area contributed by atoms with Gasteiger partial charge in [-0.1, -0.05) is 42.5 Å². The van der Waals surface area contributed by atoms with Gasteiger partial charge >= 0.3 is 0 Å². The number of benzene rings is 2. The molecule has 0 aliphatic rings. The number of hydrogen-bond acceptors (Lipinski definition) is 6. The van der Waals surface area contributed by atoms with Crippen LogP contribution in [0.2, 0.25) is 0 Å². The van der Waals surface area contributed by atoms with E-state index in [1.807, 2.05) is 43.3 Å². The van der Waals surface area contributed by atoms with Crippen LogP contribution in [-0.4, -0.2) is 35.0 Å². The van der Waals surface area contributed by atoms with Crippen LogP contribution in [0.3, 0.4) is 0 Å². The van der Waals surface area contributed by atoms with Crippen molar-refractivity contribution >= 4 is 15.7 Å². The number of nitrogens with one attached hydrogen (secondary N) is 1. The molecule has 4 aromatic rings. The predicted octanol–water partition coefficient (Wildman–Crippen LogP) is 4.15. The van der Waals surface area contributed by atoms with Gasteiger partial charge < -0.3 is 4.74 Å². The minimum Gasteiger partial charge on any atom is -0.492 e. The van der Waals surface area contributed by atoms with E-state index in [0.717, 1.165) is 11.3 Å². The highest BCUT2D eigenvalue weighted by atomic mass is 32.2. The molecule has 2 heterocycles. The highest BCUT2D eigenvalue weighted by Gasteiger charge is 2.26. The highest BCUT2D eigenvalue weighted by Crippen LogP contribution is 2.29. The Labute approximate surface area is 187 Å². The van der Waals surface area contributed by atoms with Crippen molar-refractivity contribution in [1.82, 2.24) is 20.0 Å². The molecule has 0 saturated heterocycles. The average molecular weight is 450 g/mol. The van der Waals surface area contributed by atoms with Crippen LogP contribution in [0.5, 0.6) is 5.75 Å². The number of para-hydroxylation sites is 2. The van der Waals surface area contributed by atoms with Crippen molar-refractivity contribution in [2.24, 2.45) is 0 Å². The zero-order chi connectivity index (χ0) is 22.7. The van der Waals surface area contributed by atoms with Crippen LogP contribution < -0.4 is 9.46 Å². The van der Waals surface area contributed by atoms with E-state index in [1.54, 1.807) is 44.2 Å². The summed E-state index contributed by atoms with van der Waals surface area (Å²) in [6.45, 7) is 5.61. The molecule has 2 aromatic carbocycles. The SMILES string of the molecule is CCOc1ccccc1NS(=O)(=O)c1c(C)nn(-c2ccc(-c3ccccc3)nn2)c1C. The third kappa shape index (κ3) is 4.19. The Bertz CT molecular complexity index is 1330. The summed E-state index contributed by atoms with van der Waals surface area (Å²) in [5.41, 5.74) is 2.83. The molecule has 0 amide bonds. The zero-order valence-corrected chi connectivity index (χ0v) is 18.8. The van der Waals surface area contributed by atoms with Gasteiger partial charge in [0, 0.05) is 5.56 Å². The fourth-order valence-corrected chi connectivity index (χ4v) is 4.93. The van der Waals surface area contributed by atoms with E-state index in [1.165, 1.54) is 4.68 Å². The Kier molecular flexibility index (Phi) is 5.91. The minimum absolute atomic E-state index is 0.0951. The van der Waals surface area contributed by atoms with E-state index in [-0.39, 0.29) is 4.90 Å². The van der Waals surface area contributed by atoms with E-state index in [9.17, 15) is 8.42 Å². The van der Waals surface area contributed by atoms with Crippen LogP contribution in [0.15, 0.2) is 71.6 Å². The lowest BCUT2D eigenvalue weighted by Gasteiger charge is -2.13. The molecular weight excluding hydrogens is 426 g/mol. The molecule has 32 heavy (non-hydrogen) atoms. The third-order valence-corrected chi connectivity index (χ3v) is 6.48. The summed E-state index contributed by atoms with van der Waals surface area (Å²) in [6, 6.07) is 20.2. The number of anilines is 1. The summed E-state index contributed by atoms with van der Waals surface area (Å²) in [5, 5.41) is 12.9. The van der Waals surface area contributed by atoms with Gasteiger partial charge in [-0.15, -0.1) is 10.2 Å². The van der Waals surface area contributed by atoms with Crippen molar-refractivity contribution in [3.05, 3.63) is 78.1 Å². The molecule has 0 saturated carbocycles. The Morgan fingerprint density at radius 1 is 0.938 bits per heavy atom. The predicted molar refractivity (Wildman–Crippen MR) is 122 cm³/mol. The summed E-state index contributed by atoms with van der Waals surface area (Å²) in [5.74, 6) is 0.894. The number of aryl methyl sites for hydroxylation is 1. The van der Waals surface area contributed by atoms with Crippen LogP contribution in [0, 0.1) is 13.8 Å². The van der Waals surface area contributed by atoms with Crippen LogP contribution in [0.4, 0.5) is 5.69 Å². The van der Waals surface area contributed by atoms with Gasteiger partial charge in [0.05, 0.1) is 29.4 Å². The number of ether oxygens (including phenoxy) is 1. The van der Waals surface area contributed by atoms with Gasteiger partial charge in [0.2, 0.25) is 0 Å². The van der Waals surface area contributed by atoms with Gasteiger partial charge in [-0.25, -0.2) is 13.1 Å². The van der Waals surface area contributed by atoms with E-state index < -0.39 is 10.0 Å². The molecule has 0 radical (unpaired) electrons. The van der Waals surface area contributed by atoms with Crippen molar-refractivity contribution in [3.8, 4) is 22.8 Å². The highest BCUT2D eigenvalue weighted by molar-refractivity contribution is 7.92. The standard InChI is InChI=1S/C23H23N5O3S/c1-4-31-21-13-9-8-12-20(21)27-32(29,30)23-16(2)26-28(17(23)3)22-15-14-19(24-25-22)18-10-6-5-7-11-18/h5-15,27H,4H2,1-3H3. The molecule has 0 bridgehead atoms. The maximum atomic E-state index is 13.2. The first-order valence-corrected chi connectivity index (χ1v) is 11.6. The van der Waals surface area contributed by atoms with Gasteiger partial charge in [0.1, 0.15) is 10.6 Å². The first-order valence-electron chi connectivity index (χ1n) is 10.1. The molecule has 0 fully saturated rings. The summed E-state index contributed by atoms with van der Waals surface area (Å²) in [4.78, 5) is 0.0951.